The second-order valence-corrected chi connectivity index (χ2v) is 4.41. The van der Waals surface area contributed by atoms with Gasteiger partial charge in [0.05, 0.1) is 6.17 Å². The molecule has 78 valence electrons. The summed E-state index contributed by atoms with van der Waals surface area (Å²) < 4.78 is 0. The van der Waals surface area contributed by atoms with Gasteiger partial charge in [-0.2, -0.15) is 15.0 Å². The van der Waals surface area contributed by atoms with Gasteiger partial charge in [0.15, 0.2) is 0 Å². The molecule has 1 heterocycles. The van der Waals surface area contributed by atoms with Crippen molar-refractivity contribution in [2.75, 3.05) is 23.0 Å². The molecule has 0 unspecified atom stereocenters. The lowest BCUT2D eigenvalue weighted by atomic mass is 10.8. The summed E-state index contributed by atoms with van der Waals surface area (Å²) in [7, 11) is -4.17. The fourth-order valence-corrected chi connectivity index (χ4v) is 1.08. The highest BCUT2D eigenvalue weighted by Crippen LogP contribution is 2.03. The number of rotatable bonds is 3. The number of hydrogen-bond acceptors (Lipinski definition) is 9. The first-order valence-electron chi connectivity index (χ1n) is 3.55. The van der Waals surface area contributed by atoms with Gasteiger partial charge >= 0.3 is 8.80 Å². The Kier molecular flexibility index (Phi) is 2.80. The summed E-state index contributed by atoms with van der Waals surface area (Å²) in [4.78, 5) is 36.7. The van der Waals surface area contributed by atoms with E-state index < -0.39 is 15.0 Å². The van der Waals surface area contributed by atoms with Gasteiger partial charge in [-0.05, 0) is 0 Å². The first-order valence-corrected chi connectivity index (χ1v) is 5.60. The second-order valence-electron chi connectivity index (χ2n) is 2.50. The van der Waals surface area contributed by atoms with Gasteiger partial charge in [0.2, 0.25) is 17.8 Å². The minimum atomic E-state index is -4.17. The van der Waals surface area contributed by atoms with E-state index in [2.05, 4.69) is 20.3 Å². The van der Waals surface area contributed by atoms with Crippen LogP contribution < -0.4 is 16.8 Å². The van der Waals surface area contributed by atoms with E-state index in [1.807, 2.05) is 0 Å². The van der Waals surface area contributed by atoms with E-state index in [-0.39, 0.29) is 17.8 Å². The van der Waals surface area contributed by atoms with E-state index in [0.717, 1.165) is 0 Å². The first-order chi connectivity index (χ1) is 6.37. The van der Waals surface area contributed by atoms with Crippen LogP contribution in [0.3, 0.4) is 0 Å². The lowest BCUT2D eigenvalue weighted by molar-refractivity contribution is 0.232. The van der Waals surface area contributed by atoms with E-state index in [4.69, 9.17) is 25.9 Å². The number of nitrogen functional groups attached to an aromatic ring is 2. The number of aromatic nitrogens is 3. The first kappa shape index (κ1) is 10.6. The van der Waals surface area contributed by atoms with Crippen LogP contribution in [-0.4, -0.2) is 44.3 Å². The molecule has 1 aromatic rings. The maximum absolute atomic E-state index is 8.67. The quantitative estimate of drug-likeness (QED) is 0.288. The summed E-state index contributed by atoms with van der Waals surface area (Å²) in [5.74, 6) is -0.216. The van der Waals surface area contributed by atoms with Gasteiger partial charge in [0.1, 0.15) is 0 Å². The highest BCUT2D eigenvalue weighted by atomic mass is 28.4. The minimum Gasteiger partial charge on any atom is -0.389 e. The zero-order chi connectivity index (χ0) is 10.8. The van der Waals surface area contributed by atoms with E-state index in [1.165, 1.54) is 0 Å². The van der Waals surface area contributed by atoms with Crippen LogP contribution in [0.4, 0.5) is 17.8 Å². The van der Waals surface area contributed by atoms with Crippen LogP contribution in [0.25, 0.3) is 0 Å². The summed E-state index contributed by atoms with van der Waals surface area (Å²) in [5.41, 5.74) is 10.5. The molecule has 0 aliphatic heterocycles. The van der Waals surface area contributed by atoms with Crippen LogP contribution in [0.2, 0.25) is 0 Å². The summed E-state index contributed by atoms with van der Waals surface area (Å²) >= 11 is 0. The summed E-state index contributed by atoms with van der Waals surface area (Å²) in [5, 5.41) is 2.36. The molecular weight excluding hydrogens is 208 g/mol. The fraction of sp³-hybridized carbons (Fsp3) is 0.250. The van der Waals surface area contributed by atoms with Crippen molar-refractivity contribution >= 4 is 26.6 Å². The molecule has 0 amide bonds. The summed E-state index contributed by atoms with van der Waals surface area (Å²) in [6.07, 6.45) is -0.449. The Hall–Kier alpha value is -1.49. The Balaban J connectivity index is 2.68. The van der Waals surface area contributed by atoms with Crippen LogP contribution in [0.15, 0.2) is 0 Å². The summed E-state index contributed by atoms with van der Waals surface area (Å²) in [6, 6.07) is 0. The van der Waals surface area contributed by atoms with Crippen molar-refractivity contribution in [3.63, 3.8) is 0 Å². The van der Waals surface area contributed by atoms with Crippen molar-refractivity contribution in [1.82, 2.24) is 15.0 Å². The lowest BCUT2D eigenvalue weighted by Crippen LogP contribution is -2.43. The Morgan fingerprint density at radius 1 is 1.07 bits per heavy atom. The maximum Gasteiger partial charge on any atom is 0.513 e. The molecule has 8 N–H and O–H groups in total. The molecule has 0 fully saturated rings. The molecule has 0 saturated heterocycles. The zero-order valence-corrected chi connectivity index (χ0v) is 8.05. The molecule has 0 radical (unpaired) electrons. The van der Waals surface area contributed by atoms with Gasteiger partial charge < -0.3 is 31.2 Å². The molecule has 0 spiro atoms. The largest absolute Gasteiger partial charge is 0.513 e. The SMILES string of the molecule is Nc1nc(N)nc(NC[Si](O)(O)O)n1. The van der Waals surface area contributed by atoms with E-state index in [9.17, 15) is 0 Å². The number of nitrogens with one attached hydrogen (secondary N) is 1. The molecular formula is C4H10N6O3Si. The maximum atomic E-state index is 8.67. The van der Waals surface area contributed by atoms with E-state index in [1.54, 1.807) is 0 Å². The number of hydrogen-bond donors (Lipinski definition) is 6. The van der Waals surface area contributed by atoms with Gasteiger partial charge in [-0.25, -0.2) is 0 Å². The normalized spacial score (nSPS) is 11.4. The third-order valence-corrected chi connectivity index (χ3v) is 1.80. The molecule has 0 aliphatic rings. The van der Waals surface area contributed by atoms with Crippen LogP contribution in [-0.2, 0) is 0 Å². The van der Waals surface area contributed by atoms with Crippen molar-refractivity contribution in [3.8, 4) is 0 Å². The number of nitrogens with two attached hydrogens (primary N) is 2. The molecule has 1 rings (SSSR count). The van der Waals surface area contributed by atoms with Crippen LogP contribution in [0.1, 0.15) is 0 Å². The van der Waals surface area contributed by atoms with Gasteiger partial charge in [-0.3, -0.25) is 0 Å². The summed E-state index contributed by atoms with van der Waals surface area (Å²) in [6.45, 7) is 0. The topological polar surface area (TPSA) is 163 Å². The lowest BCUT2D eigenvalue weighted by Gasteiger charge is -2.10. The smallest absolute Gasteiger partial charge is 0.389 e. The molecule has 0 saturated carbocycles. The molecule has 9 nitrogen and oxygen atoms in total. The predicted molar refractivity (Wildman–Crippen MR) is 49.6 cm³/mol. The minimum absolute atomic E-state index is 0.0241. The van der Waals surface area contributed by atoms with E-state index >= 15 is 0 Å². The third kappa shape index (κ3) is 3.49. The highest BCUT2D eigenvalue weighted by molar-refractivity contribution is 6.56. The number of anilines is 3. The average molecular weight is 218 g/mol. The zero-order valence-electron chi connectivity index (χ0n) is 7.05. The molecule has 0 aromatic carbocycles. The average Bonchev–Trinajstić information content (AvgIpc) is 1.97. The molecule has 0 bridgehead atoms. The number of nitrogens with zero attached hydrogens (tertiary/aromatic N) is 3. The Bertz CT molecular complexity index is 307. The van der Waals surface area contributed by atoms with Gasteiger partial charge in [-0.1, -0.05) is 0 Å². The Labute approximate surface area is 79.8 Å². The second kappa shape index (κ2) is 3.71. The predicted octanol–water partition coefficient (Wildman–Crippen LogP) is -3.10. The van der Waals surface area contributed by atoms with Crippen molar-refractivity contribution in [2.45, 2.75) is 0 Å². The van der Waals surface area contributed by atoms with Gasteiger partial charge in [-0.15, -0.1) is 0 Å². The van der Waals surface area contributed by atoms with Crippen molar-refractivity contribution in [2.24, 2.45) is 0 Å². The van der Waals surface area contributed by atoms with Crippen LogP contribution in [0, 0.1) is 0 Å². The van der Waals surface area contributed by atoms with Crippen LogP contribution >= 0.6 is 0 Å². The molecule has 0 aliphatic carbocycles. The third-order valence-electron chi connectivity index (χ3n) is 1.15. The standard InChI is InChI=1S/C4H10N6O3Si/c5-2-8-3(6)10-4(9-2)7-1-14(11,12)13/h11-13H,1H2,(H5,5,6,7,8,9,10). The van der Waals surface area contributed by atoms with Crippen molar-refractivity contribution < 1.29 is 14.4 Å². The Morgan fingerprint density at radius 3 is 2.00 bits per heavy atom. The van der Waals surface area contributed by atoms with Crippen LogP contribution in [0.5, 0.6) is 0 Å². The molecule has 10 heteroatoms. The van der Waals surface area contributed by atoms with Crippen molar-refractivity contribution in [3.05, 3.63) is 0 Å². The van der Waals surface area contributed by atoms with Gasteiger partial charge in [0.25, 0.3) is 0 Å². The van der Waals surface area contributed by atoms with E-state index in [0.29, 0.717) is 0 Å². The molecule has 1 aromatic heterocycles. The fourth-order valence-electron chi connectivity index (χ4n) is 0.686. The Morgan fingerprint density at radius 2 is 1.57 bits per heavy atom. The monoisotopic (exact) mass is 218 g/mol. The van der Waals surface area contributed by atoms with Crippen molar-refractivity contribution in [1.29, 1.82) is 0 Å². The molecule has 14 heavy (non-hydrogen) atoms. The molecule has 0 atom stereocenters. The van der Waals surface area contributed by atoms with Gasteiger partial charge in [0, 0.05) is 0 Å². The highest BCUT2D eigenvalue weighted by Gasteiger charge is 2.26.